The number of halogens is 1. The van der Waals surface area contributed by atoms with E-state index in [0.29, 0.717) is 10.7 Å². The van der Waals surface area contributed by atoms with Gasteiger partial charge in [0.05, 0.1) is 16.9 Å². The van der Waals surface area contributed by atoms with E-state index in [9.17, 15) is 5.11 Å². The third-order valence-corrected chi connectivity index (χ3v) is 3.73. The molecule has 0 saturated heterocycles. The third-order valence-electron chi connectivity index (χ3n) is 2.63. The highest BCUT2D eigenvalue weighted by molar-refractivity contribution is 7.98. The summed E-state index contributed by atoms with van der Waals surface area (Å²) in [6.07, 6.45) is 2.77. The zero-order valence-electron chi connectivity index (χ0n) is 9.59. The summed E-state index contributed by atoms with van der Waals surface area (Å²) in [4.78, 5) is 1.04. The second kappa shape index (κ2) is 5.12. The van der Waals surface area contributed by atoms with Crippen molar-refractivity contribution in [3.8, 4) is 0 Å². The molecule has 1 unspecified atom stereocenters. The number of thioether (sulfide) groups is 1. The van der Waals surface area contributed by atoms with Crippen LogP contribution in [0.3, 0.4) is 0 Å². The molecule has 0 aliphatic heterocycles. The first-order valence-corrected chi connectivity index (χ1v) is 6.73. The summed E-state index contributed by atoms with van der Waals surface area (Å²) < 4.78 is 1.60. The molecule has 17 heavy (non-hydrogen) atoms. The molecule has 0 spiro atoms. The molecule has 5 heteroatoms. The molecule has 1 aromatic carbocycles. The lowest BCUT2D eigenvalue weighted by atomic mass is 10.1. The number of rotatable bonds is 3. The maximum atomic E-state index is 10.4. The maximum absolute atomic E-state index is 10.4. The lowest BCUT2D eigenvalue weighted by Gasteiger charge is -2.15. The highest BCUT2D eigenvalue weighted by atomic mass is 35.5. The molecule has 3 nitrogen and oxygen atoms in total. The predicted octanol–water partition coefficient (Wildman–Crippen LogP) is 2.88. The van der Waals surface area contributed by atoms with Crippen LogP contribution in [0.15, 0.2) is 35.4 Å². The van der Waals surface area contributed by atoms with Crippen molar-refractivity contribution in [1.82, 2.24) is 9.78 Å². The van der Waals surface area contributed by atoms with Gasteiger partial charge in [0.1, 0.15) is 6.10 Å². The average molecular weight is 269 g/mol. The number of aryl methyl sites for hydroxylation is 1. The fraction of sp³-hybridized carbons (Fsp3) is 0.250. The molecule has 0 radical (unpaired) electrons. The first kappa shape index (κ1) is 12.5. The summed E-state index contributed by atoms with van der Waals surface area (Å²) in [6.45, 7) is 0. The van der Waals surface area contributed by atoms with Crippen molar-refractivity contribution in [3.05, 3.63) is 46.7 Å². The van der Waals surface area contributed by atoms with Gasteiger partial charge in [-0.2, -0.15) is 5.10 Å². The van der Waals surface area contributed by atoms with Gasteiger partial charge in [-0.05, 0) is 12.3 Å². The van der Waals surface area contributed by atoms with E-state index in [1.54, 1.807) is 29.7 Å². The van der Waals surface area contributed by atoms with Crippen molar-refractivity contribution in [2.45, 2.75) is 11.0 Å². The van der Waals surface area contributed by atoms with Gasteiger partial charge in [-0.3, -0.25) is 4.68 Å². The van der Waals surface area contributed by atoms with Gasteiger partial charge in [0.15, 0.2) is 0 Å². The molecule has 1 N–H and O–H groups in total. The van der Waals surface area contributed by atoms with Crippen LogP contribution in [0.4, 0.5) is 0 Å². The molecule has 1 atom stereocenters. The standard InChI is InChI=1S/C12H13ClN2OS/c1-15-11(9(13)7-14-15)12(16)8-5-3-4-6-10(8)17-2/h3-7,12,16H,1-2H3. The van der Waals surface area contributed by atoms with Crippen molar-refractivity contribution >= 4 is 23.4 Å². The lowest BCUT2D eigenvalue weighted by Crippen LogP contribution is -2.08. The van der Waals surface area contributed by atoms with E-state index in [0.717, 1.165) is 10.5 Å². The van der Waals surface area contributed by atoms with E-state index in [1.807, 2.05) is 30.5 Å². The second-order valence-electron chi connectivity index (χ2n) is 3.65. The summed E-state index contributed by atoms with van der Waals surface area (Å²) in [5.74, 6) is 0. The van der Waals surface area contributed by atoms with E-state index in [4.69, 9.17) is 11.6 Å². The van der Waals surface area contributed by atoms with E-state index < -0.39 is 6.10 Å². The molecule has 0 aliphatic carbocycles. The van der Waals surface area contributed by atoms with Crippen LogP contribution in [-0.4, -0.2) is 21.1 Å². The predicted molar refractivity (Wildman–Crippen MR) is 70.5 cm³/mol. The average Bonchev–Trinajstić information content (AvgIpc) is 2.68. The van der Waals surface area contributed by atoms with Crippen LogP contribution in [0, 0.1) is 0 Å². The van der Waals surface area contributed by atoms with Gasteiger partial charge >= 0.3 is 0 Å². The molecule has 0 bridgehead atoms. The van der Waals surface area contributed by atoms with Crippen LogP contribution >= 0.6 is 23.4 Å². The van der Waals surface area contributed by atoms with Crippen molar-refractivity contribution in [1.29, 1.82) is 0 Å². The van der Waals surface area contributed by atoms with Gasteiger partial charge in [0.2, 0.25) is 0 Å². The molecule has 0 amide bonds. The highest BCUT2D eigenvalue weighted by Gasteiger charge is 2.20. The number of aromatic nitrogens is 2. The Morgan fingerprint density at radius 2 is 2.12 bits per heavy atom. The molecule has 2 rings (SSSR count). The molecule has 90 valence electrons. The van der Waals surface area contributed by atoms with Crippen LogP contribution in [0.2, 0.25) is 5.02 Å². The van der Waals surface area contributed by atoms with E-state index >= 15 is 0 Å². The Labute approximate surface area is 109 Å². The van der Waals surface area contributed by atoms with Gasteiger partial charge < -0.3 is 5.11 Å². The van der Waals surface area contributed by atoms with E-state index in [2.05, 4.69) is 5.10 Å². The minimum atomic E-state index is -0.751. The van der Waals surface area contributed by atoms with Crippen LogP contribution in [0.5, 0.6) is 0 Å². The summed E-state index contributed by atoms with van der Waals surface area (Å²) in [6, 6.07) is 7.74. The number of nitrogens with zero attached hydrogens (tertiary/aromatic N) is 2. The Balaban J connectivity index is 2.47. The highest BCUT2D eigenvalue weighted by Crippen LogP contribution is 2.32. The van der Waals surface area contributed by atoms with Gasteiger partial charge in [0.25, 0.3) is 0 Å². The monoisotopic (exact) mass is 268 g/mol. The molecule has 1 aromatic heterocycles. The second-order valence-corrected chi connectivity index (χ2v) is 4.90. The topological polar surface area (TPSA) is 38.1 Å². The summed E-state index contributed by atoms with van der Waals surface area (Å²) in [5.41, 5.74) is 1.47. The number of benzene rings is 1. The van der Waals surface area contributed by atoms with Crippen molar-refractivity contribution in [3.63, 3.8) is 0 Å². The van der Waals surface area contributed by atoms with Crippen LogP contribution in [0.25, 0.3) is 0 Å². The lowest BCUT2D eigenvalue weighted by molar-refractivity contribution is 0.207. The largest absolute Gasteiger partial charge is 0.382 e. The van der Waals surface area contributed by atoms with E-state index in [1.165, 1.54) is 0 Å². The zero-order chi connectivity index (χ0) is 12.4. The Hall–Kier alpha value is -0.970. The minimum Gasteiger partial charge on any atom is -0.382 e. The normalized spacial score (nSPS) is 12.7. The Morgan fingerprint density at radius 3 is 2.71 bits per heavy atom. The molecular formula is C12H13ClN2OS. The van der Waals surface area contributed by atoms with Gasteiger partial charge in [0, 0.05) is 17.5 Å². The molecule has 0 saturated carbocycles. The number of hydrogen-bond donors (Lipinski definition) is 1. The van der Waals surface area contributed by atoms with Gasteiger partial charge in [-0.25, -0.2) is 0 Å². The van der Waals surface area contributed by atoms with Gasteiger partial charge in [-0.1, -0.05) is 29.8 Å². The first-order valence-electron chi connectivity index (χ1n) is 5.13. The minimum absolute atomic E-state index is 0.482. The zero-order valence-corrected chi connectivity index (χ0v) is 11.2. The van der Waals surface area contributed by atoms with Crippen LogP contribution < -0.4 is 0 Å². The Kier molecular flexibility index (Phi) is 3.76. The third kappa shape index (κ3) is 2.34. The number of hydrogen-bond acceptors (Lipinski definition) is 3. The summed E-state index contributed by atoms with van der Waals surface area (Å²) >= 11 is 7.64. The molecule has 0 fully saturated rings. The smallest absolute Gasteiger partial charge is 0.123 e. The summed E-state index contributed by atoms with van der Waals surface area (Å²) in [5, 5.41) is 14.9. The van der Waals surface area contributed by atoms with Crippen LogP contribution in [-0.2, 0) is 7.05 Å². The number of aliphatic hydroxyl groups excluding tert-OH is 1. The summed E-state index contributed by atoms with van der Waals surface area (Å²) in [7, 11) is 1.77. The fourth-order valence-electron chi connectivity index (χ4n) is 1.77. The van der Waals surface area contributed by atoms with Gasteiger partial charge in [-0.15, -0.1) is 11.8 Å². The SMILES string of the molecule is CSc1ccccc1C(O)c1c(Cl)cnn1C. The maximum Gasteiger partial charge on any atom is 0.123 e. The van der Waals surface area contributed by atoms with Crippen molar-refractivity contribution < 1.29 is 5.11 Å². The Morgan fingerprint density at radius 1 is 1.41 bits per heavy atom. The molecular weight excluding hydrogens is 256 g/mol. The van der Waals surface area contributed by atoms with Crippen molar-refractivity contribution in [2.75, 3.05) is 6.26 Å². The first-order chi connectivity index (χ1) is 8.15. The Bertz CT molecular complexity index is 507. The number of aliphatic hydroxyl groups is 1. The van der Waals surface area contributed by atoms with Crippen LogP contribution in [0.1, 0.15) is 17.4 Å². The quantitative estimate of drug-likeness (QED) is 0.870. The van der Waals surface area contributed by atoms with Crippen molar-refractivity contribution in [2.24, 2.45) is 7.05 Å². The fourth-order valence-corrected chi connectivity index (χ4v) is 2.67. The molecule has 1 heterocycles. The van der Waals surface area contributed by atoms with E-state index in [-0.39, 0.29) is 0 Å². The molecule has 0 aliphatic rings. The molecule has 2 aromatic rings.